The summed E-state index contributed by atoms with van der Waals surface area (Å²) < 4.78 is 0. The Bertz CT molecular complexity index is 448. The summed E-state index contributed by atoms with van der Waals surface area (Å²) in [6.07, 6.45) is 4.27. The molecule has 1 heterocycles. The van der Waals surface area contributed by atoms with E-state index in [1.165, 1.54) is 12.3 Å². The summed E-state index contributed by atoms with van der Waals surface area (Å²) in [6, 6.07) is 1.28. The predicted octanol–water partition coefficient (Wildman–Crippen LogP) is 1.94. The Kier molecular flexibility index (Phi) is 3.17. The number of halogens is 1. The number of nitrogens with one attached hydrogen (secondary N) is 1. The highest BCUT2D eigenvalue weighted by Crippen LogP contribution is 2.30. The van der Waals surface area contributed by atoms with E-state index in [0.29, 0.717) is 12.4 Å². The summed E-state index contributed by atoms with van der Waals surface area (Å²) in [5.41, 5.74) is 5.73. The molecule has 0 bridgehead atoms. The Hall–Kier alpha value is -1.40. The number of anilines is 1. The minimum Gasteiger partial charge on any atom is -0.367 e. The van der Waals surface area contributed by atoms with E-state index in [0.717, 1.165) is 19.3 Å². The van der Waals surface area contributed by atoms with Gasteiger partial charge in [0.2, 0.25) is 0 Å². The molecule has 2 rings (SSSR count). The highest BCUT2D eigenvalue weighted by molar-refractivity contribution is 6.33. The van der Waals surface area contributed by atoms with Crippen LogP contribution in [0.3, 0.4) is 0 Å². The van der Waals surface area contributed by atoms with Crippen LogP contribution >= 0.6 is 11.6 Å². The molecule has 0 aromatic carbocycles. The molecule has 3 N–H and O–H groups in total. The zero-order valence-corrected chi connectivity index (χ0v) is 9.91. The van der Waals surface area contributed by atoms with Gasteiger partial charge in [-0.15, -0.1) is 0 Å². The molecule has 92 valence electrons. The van der Waals surface area contributed by atoms with Crippen LogP contribution in [0.2, 0.25) is 5.02 Å². The minimum absolute atomic E-state index is 0.119. The van der Waals surface area contributed by atoms with Crippen molar-refractivity contribution in [3.63, 3.8) is 0 Å². The molecule has 0 atom stereocenters. The molecule has 1 aliphatic carbocycles. The fourth-order valence-electron chi connectivity index (χ4n) is 1.73. The van der Waals surface area contributed by atoms with Crippen molar-refractivity contribution in [3.05, 3.63) is 27.4 Å². The first kappa shape index (κ1) is 12.1. The quantitative estimate of drug-likeness (QED) is 0.634. The van der Waals surface area contributed by atoms with Crippen molar-refractivity contribution in [1.82, 2.24) is 4.98 Å². The first-order valence-electron chi connectivity index (χ1n) is 5.33. The van der Waals surface area contributed by atoms with Crippen molar-refractivity contribution in [2.45, 2.75) is 24.8 Å². The molecule has 6 nitrogen and oxygen atoms in total. The van der Waals surface area contributed by atoms with Crippen LogP contribution in [0.1, 0.15) is 19.3 Å². The summed E-state index contributed by atoms with van der Waals surface area (Å²) in [7, 11) is 0. The van der Waals surface area contributed by atoms with Crippen LogP contribution in [-0.4, -0.2) is 22.0 Å². The zero-order valence-electron chi connectivity index (χ0n) is 9.15. The highest BCUT2D eigenvalue weighted by atomic mass is 35.5. The minimum atomic E-state index is -0.529. The molecule has 0 saturated heterocycles. The summed E-state index contributed by atoms with van der Waals surface area (Å²) in [5, 5.41) is 13.8. The van der Waals surface area contributed by atoms with Crippen molar-refractivity contribution >= 4 is 23.1 Å². The lowest BCUT2D eigenvalue weighted by Gasteiger charge is -2.38. The van der Waals surface area contributed by atoms with Gasteiger partial charge in [-0.1, -0.05) is 11.6 Å². The van der Waals surface area contributed by atoms with E-state index >= 15 is 0 Å². The fourth-order valence-corrected chi connectivity index (χ4v) is 1.95. The molecule has 0 unspecified atom stereocenters. The Morgan fingerprint density at radius 1 is 1.65 bits per heavy atom. The monoisotopic (exact) mass is 256 g/mol. The second-order valence-electron chi connectivity index (χ2n) is 4.35. The van der Waals surface area contributed by atoms with Crippen LogP contribution in [0.25, 0.3) is 0 Å². The lowest BCUT2D eigenvalue weighted by molar-refractivity contribution is -0.385. The molecule has 1 aromatic heterocycles. The lowest BCUT2D eigenvalue weighted by Crippen LogP contribution is -2.52. The number of hydrogen-bond donors (Lipinski definition) is 2. The van der Waals surface area contributed by atoms with Crippen molar-refractivity contribution in [2.75, 3.05) is 11.9 Å². The number of aromatic nitrogens is 1. The third-order valence-electron chi connectivity index (χ3n) is 2.99. The molecule has 1 aliphatic rings. The normalized spacial score (nSPS) is 17.3. The Labute approximate surface area is 103 Å². The molecule has 1 saturated carbocycles. The predicted molar refractivity (Wildman–Crippen MR) is 65.2 cm³/mol. The third kappa shape index (κ3) is 2.65. The van der Waals surface area contributed by atoms with E-state index < -0.39 is 4.92 Å². The number of nitrogens with zero attached hydrogens (tertiary/aromatic N) is 2. The molecule has 0 amide bonds. The van der Waals surface area contributed by atoms with Crippen LogP contribution in [-0.2, 0) is 0 Å². The van der Waals surface area contributed by atoms with E-state index in [1.807, 2.05) is 0 Å². The largest absolute Gasteiger partial charge is 0.367 e. The van der Waals surface area contributed by atoms with Gasteiger partial charge in [0, 0.05) is 18.2 Å². The second-order valence-corrected chi connectivity index (χ2v) is 4.76. The molecular formula is C10H13ClN4O2. The smallest absolute Gasteiger partial charge is 0.289 e. The first-order chi connectivity index (χ1) is 8.00. The molecule has 0 aliphatic heterocycles. The molecule has 1 aromatic rings. The summed E-state index contributed by atoms with van der Waals surface area (Å²) in [5.74, 6) is 0.439. The number of pyridine rings is 1. The fraction of sp³-hybridized carbons (Fsp3) is 0.500. The standard InChI is InChI=1S/C10H13ClN4O2/c11-8-4-7(15(16)17)5-13-9(8)14-6-10(12)2-1-3-10/h4-5H,1-3,6,12H2,(H,13,14). The summed E-state index contributed by atoms with van der Waals surface area (Å²) >= 11 is 5.89. The molecule has 1 fully saturated rings. The summed E-state index contributed by atoms with van der Waals surface area (Å²) in [4.78, 5) is 13.9. The maximum atomic E-state index is 10.5. The topological polar surface area (TPSA) is 94.1 Å². The van der Waals surface area contributed by atoms with Gasteiger partial charge in [-0.3, -0.25) is 10.1 Å². The number of nitrogens with two attached hydrogens (primary N) is 1. The van der Waals surface area contributed by atoms with Crippen LogP contribution in [0.4, 0.5) is 11.5 Å². The van der Waals surface area contributed by atoms with Crippen molar-refractivity contribution in [3.8, 4) is 0 Å². The number of rotatable bonds is 4. The average Bonchev–Trinajstić information content (AvgIpc) is 2.24. The zero-order chi connectivity index (χ0) is 12.5. The van der Waals surface area contributed by atoms with Crippen LogP contribution in [0, 0.1) is 10.1 Å². The number of hydrogen-bond acceptors (Lipinski definition) is 5. The van der Waals surface area contributed by atoms with Gasteiger partial charge in [-0.05, 0) is 19.3 Å². The van der Waals surface area contributed by atoms with Crippen LogP contribution < -0.4 is 11.1 Å². The average molecular weight is 257 g/mol. The van der Waals surface area contributed by atoms with E-state index in [-0.39, 0.29) is 16.2 Å². The van der Waals surface area contributed by atoms with Crippen LogP contribution in [0.15, 0.2) is 12.3 Å². The van der Waals surface area contributed by atoms with E-state index in [2.05, 4.69) is 10.3 Å². The molecule has 0 spiro atoms. The molecular weight excluding hydrogens is 244 g/mol. The highest BCUT2D eigenvalue weighted by Gasteiger charge is 2.32. The van der Waals surface area contributed by atoms with Crippen molar-refractivity contribution in [1.29, 1.82) is 0 Å². The van der Waals surface area contributed by atoms with Gasteiger partial charge in [0.1, 0.15) is 12.0 Å². The summed E-state index contributed by atoms with van der Waals surface area (Å²) in [6.45, 7) is 0.581. The van der Waals surface area contributed by atoms with Gasteiger partial charge < -0.3 is 11.1 Å². The van der Waals surface area contributed by atoms with E-state index in [1.54, 1.807) is 0 Å². The molecule has 7 heteroatoms. The van der Waals surface area contributed by atoms with Crippen molar-refractivity contribution < 1.29 is 4.92 Å². The Morgan fingerprint density at radius 3 is 2.82 bits per heavy atom. The molecule has 17 heavy (non-hydrogen) atoms. The van der Waals surface area contributed by atoms with Gasteiger partial charge in [-0.2, -0.15) is 0 Å². The van der Waals surface area contributed by atoms with Gasteiger partial charge in [0.25, 0.3) is 5.69 Å². The SMILES string of the molecule is NC1(CNc2ncc([N+](=O)[O-])cc2Cl)CCC1. The van der Waals surface area contributed by atoms with Gasteiger partial charge in [-0.25, -0.2) is 4.98 Å². The molecule has 0 radical (unpaired) electrons. The maximum Gasteiger partial charge on any atom is 0.289 e. The second kappa shape index (κ2) is 4.46. The lowest BCUT2D eigenvalue weighted by atomic mass is 9.78. The first-order valence-corrected chi connectivity index (χ1v) is 5.71. The third-order valence-corrected chi connectivity index (χ3v) is 3.28. The Balaban J connectivity index is 2.03. The van der Waals surface area contributed by atoms with Crippen LogP contribution in [0.5, 0.6) is 0 Å². The number of nitro groups is 1. The van der Waals surface area contributed by atoms with Gasteiger partial charge >= 0.3 is 0 Å². The van der Waals surface area contributed by atoms with Crippen molar-refractivity contribution in [2.24, 2.45) is 5.73 Å². The van der Waals surface area contributed by atoms with Gasteiger partial charge in [0.15, 0.2) is 0 Å². The van der Waals surface area contributed by atoms with E-state index in [4.69, 9.17) is 17.3 Å². The Morgan fingerprint density at radius 2 is 2.35 bits per heavy atom. The van der Waals surface area contributed by atoms with Gasteiger partial charge in [0.05, 0.1) is 9.95 Å². The maximum absolute atomic E-state index is 10.5. The van der Waals surface area contributed by atoms with E-state index in [9.17, 15) is 10.1 Å².